The van der Waals surface area contributed by atoms with E-state index in [0.29, 0.717) is 37.5 Å². The van der Waals surface area contributed by atoms with Crippen LogP contribution in [0.15, 0.2) is 0 Å². The molecule has 1 amide bonds. The van der Waals surface area contributed by atoms with Gasteiger partial charge in [-0.25, -0.2) is 4.79 Å². The van der Waals surface area contributed by atoms with Gasteiger partial charge in [-0.15, -0.1) is 0 Å². The van der Waals surface area contributed by atoms with E-state index in [9.17, 15) is 27.1 Å². The molecule has 2 rings (SSSR count). The predicted molar refractivity (Wildman–Crippen MR) is 294 cm³/mol. The van der Waals surface area contributed by atoms with Gasteiger partial charge in [0.1, 0.15) is 24.7 Å². The monoisotopic (exact) mass is 1230 g/mol. The van der Waals surface area contributed by atoms with E-state index in [-0.39, 0.29) is 147 Å². The van der Waals surface area contributed by atoms with E-state index in [4.69, 9.17) is 38.7 Å². The number of rotatable bonds is 12. The van der Waals surface area contributed by atoms with Crippen LogP contribution in [0.3, 0.4) is 0 Å². The molecule has 2 aliphatic rings. The van der Waals surface area contributed by atoms with Gasteiger partial charge in [0.05, 0.1) is 26.2 Å². The van der Waals surface area contributed by atoms with Gasteiger partial charge in [0, 0.05) is 124 Å². The Morgan fingerprint density at radius 1 is 0.603 bits per heavy atom. The topological polar surface area (TPSA) is 300 Å². The minimum atomic E-state index is -3.44. The first-order valence-corrected chi connectivity index (χ1v) is 32.5. The van der Waals surface area contributed by atoms with Crippen molar-refractivity contribution in [1.82, 2.24) is 40.4 Å². The molecule has 0 aromatic rings. The van der Waals surface area contributed by atoms with Crippen LogP contribution in [0.1, 0.15) is 98.4 Å². The summed E-state index contributed by atoms with van der Waals surface area (Å²) >= 11 is 0. The molecule has 2 unspecified atom stereocenters. The van der Waals surface area contributed by atoms with Crippen molar-refractivity contribution in [1.29, 1.82) is 0 Å². The SMILES string of the molecule is CC(C)(C)CN1CCNCCN(C(=O)OC(C)(C)C)CCNCC1.CCP(C)(=O)CN1CCN(CC(=O)OC(C)(C)C)CCNCCN(CC(C)(C)C)CC1.CCP(C)(=O)COS(C)(=O)=O.O=C=O.O=C=O.O=CO[O-].[H-].[K+].[K+]. The van der Waals surface area contributed by atoms with Crippen molar-refractivity contribution in [3.63, 3.8) is 0 Å². The van der Waals surface area contributed by atoms with Crippen LogP contribution >= 0.6 is 14.3 Å². The maximum Gasteiger partial charge on any atom is 1.00 e. The molecule has 0 radical (unpaired) electrons. The summed E-state index contributed by atoms with van der Waals surface area (Å²) < 4.78 is 60.5. The smallest absolute Gasteiger partial charge is 1.00 e. The zero-order valence-electron chi connectivity index (χ0n) is 52.4. The third kappa shape index (κ3) is 65.4. The molecule has 0 saturated carbocycles. The van der Waals surface area contributed by atoms with Crippen LogP contribution in [0.4, 0.5) is 4.79 Å². The van der Waals surface area contributed by atoms with Crippen molar-refractivity contribution < 1.29 is 179 Å². The summed E-state index contributed by atoms with van der Waals surface area (Å²) in [5.74, 6) is -0.183. The van der Waals surface area contributed by atoms with E-state index in [2.05, 4.69) is 86.2 Å². The molecule has 452 valence electrons. The van der Waals surface area contributed by atoms with Crippen LogP contribution in [0.2, 0.25) is 0 Å². The minimum absolute atomic E-state index is 0. The van der Waals surface area contributed by atoms with Gasteiger partial charge in [0.2, 0.25) is 0 Å². The Hall–Kier alpha value is 0.293. The molecule has 0 spiro atoms. The van der Waals surface area contributed by atoms with Crippen LogP contribution < -0.4 is 124 Å². The van der Waals surface area contributed by atoms with Crippen molar-refractivity contribution in [2.45, 2.75) is 108 Å². The van der Waals surface area contributed by atoms with Crippen LogP contribution in [0, 0.1) is 10.8 Å². The molecular weight excluding hydrogens is 1130 g/mol. The third-order valence-electron chi connectivity index (χ3n) is 10.2. The van der Waals surface area contributed by atoms with E-state index in [1.54, 1.807) is 11.8 Å². The summed E-state index contributed by atoms with van der Waals surface area (Å²) in [5, 5.41) is 18.9. The minimum Gasteiger partial charge on any atom is -1.00 e. The van der Waals surface area contributed by atoms with Gasteiger partial charge in [0.25, 0.3) is 16.6 Å². The van der Waals surface area contributed by atoms with Crippen molar-refractivity contribution in [2.75, 3.05) is 169 Å². The van der Waals surface area contributed by atoms with Gasteiger partial charge < -0.3 is 60.8 Å². The number of carbonyl (C=O) groups is 3. The molecule has 29 heteroatoms. The molecule has 2 heterocycles. The van der Waals surface area contributed by atoms with Crippen LogP contribution in [-0.2, 0) is 66.6 Å². The number of hydrogen-bond donors (Lipinski definition) is 3. The number of nitrogens with zero attached hydrogens (tertiary/aromatic N) is 5. The van der Waals surface area contributed by atoms with Gasteiger partial charge in [-0.1, -0.05) is 55.4 Å². The molecule has 2 aliphatic heterocycles. The molecule has 3 N–H and O–H groups in total. The van der Waals surface area contributed by atoms with Gasteiger partial charge in [-0.2, -0.15) is 27.6 Å². The van der Waals surface area contributed by atoms with Crippen LogP contribution in [0.5, 0.6) is 0 Å². The summed E-state index contributed by atoms with van der Waals surface area (Å²) in [6.45, 7) is 48.4. The molecule has 2 fully saturated rings. The van der Waals surface area contributed by atoms with Crippen molar-refractivity contribution >= 4 is 55.2 Å². The zero-order chi connectivity index (χ0) is 59.9. The van der Waals surface area contributed by atoms with Crippen molar-refractivity contribution in [2.24, 2.45) is 10.8 Å². The average molecular weight is 1230 g/mol. The summed E-state index contributed by atoms with van der Waals surface area (Å²) in [4.78, 5) is 79.7. The quantitative estimate of drug-likeness (QED) is 0.0332. The van der Waals surface area contributed by atoms with E-state index < -0.39 is 35.6 Å². The Morgan fingerprint density at radius 2 is 0.923 bits per heavy atom. The molecular formula is C49H102K2N8O16P2S. The van der Waals surface area contributed by atoms with Crippen LogP contribution in [0.25, 0.3) is 0 Å². The summed E-state index contributed by atoms with van der Waals surface area (Å²) in [6.07, 6.45) is 2.87. The fourth-order valence-corrected chi connectivity index (χ4v) is 9.89. The van der Waals surface area contributed by atoms with Gasteiger partial charge >= 0.3 is 127 Å². The number of ether oxygens (including phenoxy) is 2. The Bertz CT molecular complexity index is 1840. The van der Waals surface area contributed by atoms with E-state index >= 15 is 0 Å². The summed E-state index contributed by atoms with van der Waals surface area (Å²) in [5.41, 5.74) is -0.365. The zero-order valence-corrected chi connectivity index (χ0v) is 60.3. The Morgan fingerprint density at radius 3 is 1.24 bits per heavy atom. The van der Waals surface area contributed by atoms with E-state index in [0.717, 1.165) is 117 Å². The maximum absolute atomic E-state index is 12.9. The first-order valence-electron chi connectivity index (χ1n) is 25.6. The van der Waals surface area contributed by atoms with Gasteiger partial charge in [0.15, 0.2) is 0 Å². The molecule has 24 nitrogen and oxygen atoms in total. The maximum atomic E-state index is 12.9. The molecule has 2 atom stereocenters. The Balaban J connectivity index is -0.000000190. The van der Waals surface area contributed by atoms with E-state index in [1.807, 2.05) is 55.1 Å². The number of carbonyl (C=O) groups excluding carboxylic acids is 7. The predicted octanol–water partition coefficient (Wildman–Crippen LogP) is -3.06. The second kappa shape index (κ2) is 48.5. The summed E-state index contributed by atoms with van der Waals surface area (Å²) in [6, 6.07) is 0. The molecule has 2 saturated heterocycles. The van der Waals surface area contributed by atoms with E-state index in [1.165, 1.54) is 6.66 Å². The number of hydrogen-bond acceptors (Lipinski definition) is 23. The third-order valence-corrected chi connectivity index (χ3v) is 15.3. The van der Waals surface area contributed by atoms with Crippen molar-refractivity contribution in [3.8, 4) is 0 Å². The number of esters is 1. The first kappa shape index (κ1) is 89.5. The fourth-order valence-electron chi connectivity index (χ4n) is 6.72. The fraction of sp³-hybridized carbons (Fsp3) is 0.898. The van der Waals surface area contributed by atoms with Gasteiger partial charge in [-0.05, 0) is 71.9 Å². The van der Waals surface area contributed by atoms with Gasteiger partial charge in [-0.3, -0.25) is 23.6 Å². The Labute approximate surface area is 556 Å². The standard InChI is InChI=1S/C23H49N4O3P.C18H38N4O2.C5H13O4PS.CH2O3.2CO2.2K.H/c1-9-31(8,29)20-27-16-14-25(18-21(28)30-23(5,6)7)12-10-24-11-13-26(15-17-27)19-22(2,3)4;1-17(2,3)15-21-11-7-19-9-13-22(14-10-20-8-12-21)16(23)24-18(4,5)6;1-4-10(2,6)5-9-11(3,7)8;2-1-4-3;2*2-1-3;;;/h24H,9-20H2,1-8H3;19-20H,7-15H2,1-6H3;4-5H2,1-3H3;1,3H;;;;;/q;;;;;;2*+1;-1/p-1. The molecule has 0 bridgehead atoms. The van der Waals surface area contributed by atoms with Crippen molar-refractivity contribution in [3.05, 3.63) is 0 Å². The molecule has 0 aromatic heterocycles. The molecule has 0 aromatic carbocycles. The number of nitrogens with one attached hydrogen (secondary N) is 3. The average Bonchev–Trinajstić information content (AvgIpc) is 3.25. The first-order chi connectivity index (χ1) is 34.8. The molecule has 78 heavy (non-hydrogen) atoms. The largest absolute Gasteiger partial charge is 1.00 e. The summed E-state index contributed by atoms with van der Waals surface area (Å²) in [7, 11) is -7.98. The van der Waals surface area contributed by atoms with Crippen LogP contribution in [-0.4, -0.2) is 244 Å². The number of amides is 1. The second-order valence-corrected chi connectivity index (χ2v) is 31.7. The molecule has 0 aliphatic carbocycles. The second-order valence-electron chi connectivity index (χ2n) is 23.0. The normalized spacial score (nSPS) is 17.8. The Kier molecular flexibility index (Phi) is 55.7.